The van der Waals surface area contributed by atoms with Crippen LogP contribution in [0.2, 0.25) is 0 Å². The molecule has 144 valence electrons. The Bertz CT molecular complexity index is 821. The van der Waals surface area contributed by atoms with Crippen LogP contribution in [0.1, 0.15) is 47.9 Å². The van der Waals surface area contributed by atoms with Crippen LogP contribution in [0.25, 0.3) is 12.2 Å². The molecule has 0 atom stereocenters. The molecule has 2 nitrogen and oxygen atoms in total. The molecule has 6 rings (SSSR count). The maximum absolute atomic E-state index is 3.43. The van der Waals surface area contributed by atoms with E-state index in [2.05, 4.69) is 83.5 Å². The van der Waals surface area contributed by atoms with Crippen molar-refractivity contribution < 1.29 is 0 Å². The first kappa shape index (κ1) is 17.9. The van der Waals surface area contributed by atoms with E-state index in [9.17, 15) is 0 Å². The lowest BCUT2D eigenvalue weighted by atomic mass is 9.75. The molecule has 2 aliphatic heterocycles. The Morgan fingerprint density at radius 1 is 0.536 bits per heavy atom. The van der Waals surface area contributed by atoms with Gasteiger partial charge in [-0.1, -0.05) is 72.8 Å². The van der Waals surface area contributed by atoms with Crippen molar-refractivity contribution in [3.05, 3.63) is 82.9 Å². The zero-order valence-electron chi connectivity index (χ0n) is 16.6. The summed E-state index contributed by atoms with van der Waals surface area (Å²) in [6, 6.07) is 17.6. The fourth-order valence-electron chi connectivity index (χ4n) is 5.49. The number of benzene rings is 2. The van der Waals surface area contributed by atoms with Crippen LogP contribution in [0.4, 0.5) is 0 Å². The third-order valence-corrected chi connectivity index (χ3v) is 7.15. The summed E-state index contributed by atoms with van der Waals surface area (Å²) < 4.78 is 0. The van der Waals surface area contributed by atoms with Crippen LogP contribution in [0.15, 0.2) is 60.7 Å². The molecule has 2 aromatic carbocycles. The van der Waals surface area contributed by atoms with Crippen LogP contribution in [-0.4, -0.2) is 26.2 Å². The minimum absolute atomic E-state index is 0.363. The van der Waals surface area contributed by atoms with Crippen molar-refractivity contribution in [3.8, 4) is 0 Å². The molecule has 0 saturated carbocycles. The molecule has 4 aliphatic rings. The van der Waals surface area contributed by atoms with Crippen molar-refractivity contribution in [1.82, 2.24) is 10.6 Å². The van der Waals surface area contributed by atoms with E-state index in [1.807, 2.05) is 0 Å². The second-order valence-electron chi connectivity index (χ2n) is 8.65. The lowest BCUT2D eigenvalue weighted by Gasteiger charge is -2.33. The lowest BCUT2D eigenvalue weighted by Crippen LogP contribution is -2.37. The molecule has 28 heavy (non-hydrogen) atoms. The second-order valence-corrected chi connectivity index (χ2v) is 8.65. The topological polar surface area (TPSA) is 24.1 Å². The van der Waals surface area contributed by atoms with E-state index < -0.39 is 0 Å². The summed E-state index contributed by atoms with van der Waals surface area (Å²) in [4.78, 5) is 0. The maximum Gasteiger partial charge on any atom is 0.0165 e. The summed E-state index contributed by atoms with van der Waals surface area (Å²) in [5.74, 6) is 0. The number of hydrogen-bond donors (Lipinski definition) is 2. The molecule has 2 aromatic rings. The molecule has 0 unspecified atom stereocenters. The summed E-state index contributed by atoms with van der Waals surface area (Å²) in [6.45, 7) is 4.61. The van der Waals surface area contributed by atoms with Gasteiger partial charge in [0.05, 0.1) is 0 Å². The molecular weight excluding hydrogens is 340 g/mol. The molecule has 2 N–H and O–H groups in total. The molecular formula is C26H30N2. The average molecular weight is 371 g/mol. The van der Waals surface area contributed by atoms with Gasteiger partial charge in [0.25, 0.3) is 0 Å². The first-order valence-electron chi connectivity index (χ1n) is 10.8. The van der Waals surface area contributed by atoms with Gasteiger partial charge in [-0.25, -0.2) is 0 Å². The Labute approximate surface area is 168 Å². The number of piperidine rings is 2. The van der Waals surface area contributed by atoms with Crippen molar-refractivity contribution in [2.75, 3.05) is 26.2 Å². The third kappa shape index (κ3) is 3.05. The molecule has 2 heteroatoms. The number of rotatable bonds is 0. The number of nitrogens with one attached hydrogen (secondary N) is 2. The molecule has 2 heterocycles. The molecule has 0 amide bonds. The van der Waals surface area contributed by atoms with E-state index in [-0.39, 0.29) is 0 Å². The van der Waals surface area contributed by atoms with Gasteiger partial charge in [-0.05, 0) is 74.1 Å². The highest BCUT2D eigenvalue weighted by Gasteiger charge is 2.36. The van der Waals surface area contributed by atoms with Crippen LogP contribution in [0.3, 0.4) is 0 Å². The molecule has 2 spiro atoms. The van der Waals surface area contributed by atoms with E-state index in [4.69, 9.17) is 0 Å². The number of allylic oxidation sites excluding steroid dienone is 2. The van der Waals surface area contributed by atoms with E-state index in [0.717, 1.165) is 26.2 Å². The summed E-state index contributed by atoms with van der Waals surface area (Å²) in [7, 11) is 0. The fourth-order valence-corrected chi connectivity index (χ4v) is 5.49. The van der Waals surface area contributed by atoms with Gasteiger partial charge in [-0.2, -0.15) is 0 Å². The molecule has 2 aliphatic carbocycles. The van der Waals surface area contributed by atoms with Gasteiger partial charge in [0.2, 0.25) is 0 Å². The van der Waals surface area contributed by atoms with Gasteiger partial charge in [0.15, 0.2) is 0 Å². The Hall–Kier alpha value is -2.16. The summed E-state index contributed by atoms with van der Waals surface area (Å²) >= 11 is 0. The van der Waals surface area contributed by atoms with Gasteiger partial charge in [0, 0.05) is 10.8 Å². The van der Waals surface area contributed by atoms with Crippen LogP contribution in [0.5, 0.6) is 0 Å². The van der Waals surface area contributed by atoms with Crippen LogP contribution in [0, 0.1) is 0 Å². The number of hydrogen-bond acceptors (Lipinski definition) is 2. The van der Waals surface area contributed by atoms with Gasteiger partial charge in [0.1, 0.15) is 0 Å². The van der Waals surface area contributed by atoms with E-state index >= 15 is 0 Å². The van der Waals surface area contributed by atoms with Gasteiger partial charge in [-0.3, -0.25) is 0 Å². The second kappa shape index (κ2) is 7.35. The molecule has 0 aromatic heterocycles. The predicted molar refractivity (Wildman–Crippen MR) is 119 cm³/mol. The zero-order valence-corrected chi connectivity index (χ0v) is 16.6. The van der Waals surface area contributed by atoms with Crippen LogP contribution >= 0.6 is 0 Å². The third-order valence-electron chi connectivity index (χ3n) is 7.15. The van der Waals surface area contributed by atoms with Crippen molar-refractivity contribution in [1.29, 1.82) is 0 Å². The Kier molecular flexibility index (Phi) is 4.70. The zero-order chi connectivity index (χ0) is 18.9. The SMILES string of the molecule is C1=CC2(CCNCC2)c2ccccc21.C1=CC2(CCNCC2)c2ccccc21. The smallest absolute Gasteiger partial charge is 0.0165 e. The van der Waals surface area contributed by atoms with Crippen LogP contribution in [-0.2, 0) is 10.8 Å². The van der Waals surface area contributed by atoms with E-state index in [1.165, 1.54) is 36.8 Å². The lowest BCUT2D eigenvalue weighted by molar-refractivity contribution is 0.378. The Balaban J connectivity index is 0.000000122. The first-order valence-corrected chi connectivity index (χ1v) is 10.8. The first-order chi connectivity index (χ1) is 13.8. The van der Waals surface area contributed by atoms with Gasteiger partial charge in [-0.15, -0.1) is 0 Å². The molecule has 2 fully saturated rings. The molecule has 2 saturated heterocycles. The quantitative estimate of drug-likeness (QED) is 0.704. The summed E-state index contributed by atoms with van der Waals surface area (Å²) in [5.41, 5.74) is 6.66. The van der Waals surface area contributed by atoms with Crippen molar-refractivity contribution in [2.45, 2.75) is 36.5 Å². The Morgan fingerprint density at radius 3 is 1.36 bits per heavy atom. The summed E-state index contributed by atoms with van der Waals surface area (Å²) in [5, 5.41) is 6.87. The number of fused-ring (bicyclic) bond motifs is 4. The molecule has 0 radical (unpaired) electrons. The minimum atomic E-state index is 0.363. The van der Waals surface area contributed by atoms with E-state index in [0.29, 0.717) is 10.8 Å². The van der Waals surface area contributed by atoms with Gasteiger partial charge >= 0.3 is 0 Å². The normalized spacial score (nSPS) is 22.6. The standard InChI is InChI=1S/2C13H15N/c2*1-2-4-12-11(3-1)5-6-13(12)7-9-14-10-8-13/h2*1-6,14H,7-10H2. The predicted octanol–water partition coefficient (Wildman–Crippen LogP) is 4.67. The highest BCUT2D eigenvalue weighted by molar-refractivity contribution is 5.66. The van der Waals surface area contributed by atoms with Crippen molar-refractivity contribution >= 4 is 12.2 Å². The highest BCUT2D eigenvalue weighted by Crippen LogP contribution is 2.43. The highest BCUT2D eigenvalue weighted by atomic mass is 14.9. The van der Waals surface area contributed by atoms with Crippen molar-refractivity contribution in [2.24, 2.45) is 0 Å². The largest absolute Gasteiger partial charge is 0.317 e. The fraction of sp³-hybridized carbons (Fsp3) is 0.385. The minimum Gasteiger partial charge on any atom is -0.317 e. The molecule has 0 bridgehead atoms. The van der Waals surface area contributed by atoms with Crippen molar-refractivity contribution in [3.63, 3.8) is 0 Å². The Morgan fingerprint density at radius 2 is 0.929 bits per heavy atom. The van der Waals surface area contributed by atoms with Gasteiger partial charge < -0.3 is 10.6 Å². The monoisotopic (exact) mass is 370 g/mol. The maximum atomic E-state index is 3.43. The summed E-state index contributed by atoms with van der Waals surface area (Å²) in [6.07, 6.45) is 14.4. The van der Waals surface area contributed by atoms with E-state index in [1.54, 1.807) is 11.1 Å². The average Bonchev–Trinajstić information content (AvgIpc) is 3.30. The van der Waals surface area contributed by atoms with Crippen LogP contribution < -0.4 is 10.6 Å².